The lowest BCUT2D eigenvalue weighted by atomic mass is 9.85. The van der Waals surface area contributed by atoms with Crippen LogP contribution >= 0.6 is 0 Å². The lowest BCUT2D eigenvalue weighted by Gasteiger charge is -2.44. The van der Waals surface area contributed by atoms with E-state index in [9.17, 15) is 17.8 Å². The van der Waals surface area contributed by atoms with Crippen molar-refractivity contribution in [1.82, 2.24) is 4.98 Å². The maximum atomic E-state index is 15.0. The van der Waals surface area contributed by atoms with E-state index in [0.29, 0.717) is 19.0 Å². The van der Waals surface area contributed by atoms with Crippen molar-refractivity contribution >= 4 is 27.2 Å². The summed E-state index contributed by atoms with van der Waals surface area (Å²) in [5, 5.41) is 1.85. The Bertz CT molecular complexity index is 1290. The molecule has 1 aromatic carbocycles. The molecular formula is C21H22F3N5O2S. The number of benzene rings is 1. The van der Waals surface area contributed by atoms with Gasteiger partial charge in [-0.3, -0.25) is 9.79 Å². The molecule has 1 amide bonds. The molecule has 11 heteroatoms. The van der Waals surface area contributed by atoms with Gasteiger partial charge in [0, 0.05) is 23.9 Å². The summed E-state index contributed by atoms with van der Waals surface area (Å²) in [7, 11) is -2.86. The third kappa shape index (κ3) is 3.17. The topological polar surface area (TPSA) is 110 Å². The zero-order valence-corrected chi connectivity index (χ0v) is 18.5. The smallest absolute Gasteiger partial charge is 0.277 e. The van der Waals surface area contributed by atoms with Gasteiger partial charge in [0.1, 0.15) is 27.8 Å². The quantitative estimate of drug-likeness (QED) is 0.724. The minimum absolute atomic E-state index is 0.0797. The average Bonchev–Trinajstić information content (AvgIpc) is 3.13. The summed E-state index contributed by atoms with van der Waals surface area (Å²) < 4.78 is 59.2. The number of fused-ring (bicyclic) bond motifs is 1. The Labute approximate surface area is 183 Å². The van der Waals surface area contributed by atoms with Gasteiger partial charge in [0.05, 0.1) is 21.2 Å². The number of pyridine rings is 1. The second-order valence-corrected chi connectivity index (χ2v) is 11.5. The summed E-state index contributed by atoms with van der Waals surface area (Å²) >= 11 is 0. The normalized spacial score (nSPS) is 28.4. The number of amidine groups is 1. The summed E-state index contributed by atoms with van der Waals surface area (Å²) in [5.74, 6) is -3.49. The fourth-order valence-corrected chi connectivity index (χ4v) is 7.43. The summed E-state index contributed by atoms with van der Waals surface area (Å²) in [6.07, 6.45) is 1.16. The predicted octanol–water partition coefficient (Wildman–Crippen LogP) is 3.36. The van der Waals surface area contributed by atoms with E-state index in [2.05, 4.69) is 19.7 Å². The third-order valence-electron chi connectivity index (χ3n) is 6.18. The van der Waals surface area contributed by atoms with Crippen LogP contribution in [-0.2, 0) is 15.3 Å². The Hall–Kier alpha value is -2.95. The highest BCUT2D eigenvalue weighted by Gasteiger charge is 2.56. The van der Waals surface area contributed by atoms with Crippen LogP contribution in [0.5, 0.6) is 0 Å². The van der Waals surface area contributed by atoms with Crippen LogP contribution in [0.2, 0.25) is 0 Å². The van der Waals surface area contributed by atoms with Gasteiger partial charge in [-0.1, -0.05) is 0 Å². The maximum absolute atomic E-state index is 15.0. The number of anilines is 1. The highest BCUT2D eigenvalue weighted by molar-refractivity contribution is 7.96. The van der Waals surface area contributed by atoms with Gasteiger partial charge in [-0.15, -0.1) is 0 Å². The Morgan fingerprint density at radius 3 is 2.59 bits per heavy atom. The lowest BCUT2D eigenvalue weighted by molar-refractivity contribution is 0.101. The van der Waals surface area contributed by atoms with Crippen LogP contribution in [-0.4, -0.2) is 37.5 Å². The van der Waals surface area contributed by atoms with Crippen molar-refractivity contribution < 1.29 is 22.2 Å². The van der Waals surface area contributed by atoms with Crippen molar-refractivity contribution in [3.8, 4) is 0 Å². The molecule has 2 aromatic rings. The molecule has 4 rings (SSSR count). The van der Waals surface area contributed by atoms with Gasteiger partial charge in [0.15, 0.2) is 11.5 Å². The fourth-order valence-electron chi connectivity index (χ4n) is 4.27. The molecule has 0 spiro atoms. The van der Waals surface area contributed by atoms with Crippen LogP contribution < -0.4 is 11.1 Å². The van der Waals surface area contributed by atoms with E-state index < -0.39 is 54.3 Å². The Kier molecular flexibility index (Phi) is 5.07. The van der Waals surface area contributed by atoms with E-state index in [1.54, 1.807) is 20.8 Å². The number of amides is 1. The van der Waals surface area contributed by atoms with Crippen molar-refractivity contribution in [1.29, 1.82) is 0 Å². The number of halogens is 3. The van der Waals surface area contributed by atoms with Gasteiger partial charge >= 0.3 is 0 Å². The van der Waals surface area contributed by atoms with Gasteiger partial charge < -0.3 is 11.1 Å². The molecule has 0 bridgehead atoms. The maximum Gasteiger partial charge on any atom is 0.277 e. The summed E-state index contributed by atoms with van der Waals surface area (Å²) in [6.45, 7) is 5.42. The molecule has 0 aliphatic carbocycles. The van der Waals surface area contributed by atoms with E-state index in [4.69, 9.17) is 5.73 Å². The minimum atomic E-state index is -2.86. The number of nitrogens with two attached hydrogens (primary N) is 1. The number of carbonyl (C=O) groups is 1. The number of hydrogen-bond donors (Lipinski definition) is 2. The van der Waals surface area contributed by atoms with Gasteiger partial charge in [0.25, 0.3) is 5.91 Å². The predicted molar refractivity (Wildman–Crippen MR) is 115 cm³/mol. The largest absolute Gasteiger partial charge is 0.386 e. The lowest BCUT2D eigenvalue weighted by Crippen LogP contribution is -2.58. The van der Waals surface area contributed by atoms with Gasteiger partial charge in [-0.05, 0) is 45.4 Å². The molecule has 0 fully saturated rings. The van der Waals surface area contributed by atoms with Gasteiger partial charge in [0.2, 0.25) is 0 Å². The molecule has 3 N–H and O–H groups in total. The molecule has 0 saturated heterocycles. The molecular weight excluding hydrogens is 443 g/mol. The number of nitrogens with one attached hydrogen (secondary N) is 1. The number of hydrogen-bond acceptors (Lipinski definition) is 6. The standard InChI is InChI=1S/C21H22F3N5O2S/c1-20(2)19(25)29-21(3,16-6-7-27-32(16,20)31)13-9-12(4-5-14(13)23)28-18(30)17-15(24)8-11(22)10-26-17/h4-5,8-10,16H,6-7H2,1-3H3,(H2,25,29)(H,28,30)/t16-,21+,32+/m0/s1. The summed E-state index contributed by atoms with van der Waals surface area (Å²) in [5.41, 5.74) is 4.50. The van der Waals surface area contributed by atoms with Crippen molar-refractivity contribution in [2.45, 2.75) is 42.7 Å². The molecule has 2 aliphatic heterocycles. The van der Waals surface area contributed by atoms with Crippen molar-refractivity contribution in [3.05, 3.63) is 59.2 Å². The van der Waals surface area contributed by atoms with Crippen molar-refractivity contribution in [2.75, 3.05) is 11.9 Å². The van der Waals surface area contributed by atoms with Crippen molar-refractivity contribution in [2.24, 2.45) is 15.1 Å². The number of nitrogens with zero attached hydrogens (tertiary/aromatic N) is 3. The van der Waals surface area contributed by atoms with Crippen LogP contribution in [0, 0.1) is 17.5 Å². The zero-order valence-electron chi connectivity index (χ0n) is 17.7. The molecule has 3 heterocycles. The second kappa shape index (κ2) is 7.29. The third-order valence-corrected chi connectivity index (χ3v) is 9.88. The average molecular weight is 466 g/mol. The molecule has 0 radical (unpaired) electrons. The molecule has 1 aromatic heterocycles. The molecule has 0 saturated carbocycles. The van der Waals surface area contributed by atoms with Crippen LogP contribution in [0.1, 0.15) is 43.2 Å². The number of aromatic nitrogens is 1. The number of rotatable bonds is 3. The fraction of sp³-hybridized carbons (Fsp3) is 0.381. The van der Waals surface area contributed by atoms with E-state index in [1.807, 2.05) is 0 Å². The minimum Gasteiger partial charge on any atom is -0.386 e. The second-order valence-electron chi connectivity index (χ2n) is 8.49. The first kappa shape index (κ1) is 22.3. The highest BCUT2D eigenvalue weighted by Crippen LogP contribution is 2.48. The molecule has 0 unspecified atom stereocenters. The zero-order chi connectivity index (χ0) is 23.5. The van der Waals surface area contributed by atoms with E-state index >= 15 is 4.39 Å². The van der Waals surface area contributed by atoms with Crippen LogP contribution in [0.25, 0.3) is 0 Å². The first-order valence-electron chi connectivity index (χ1n) is 9.90. The molecule has 32 heavy (non-hydrogen) atoms. The van der Waals surface area contributed by atoms with Gasteiger partial charge in [-0.25, -0.2) is 26.7 Å². The van der Waals surface area contributed by atoms with Crippen LogP contribution in [0.4, 0.5) is 18.9 Å². The monoisotopic (exact) mass is 465 g/mol. The Morgan fingerprint density at radius 1 is 1.19 bits per heavy atom. The van der Waals surface area contributed by atoms with Crippen LogP contribution in [0.15, 0.2) is 39.8 Å². The van der Waals surface area contributed by atoms with E-state index in [1.165, 1.54) is 12.1 Å². The molecule has 170 valence electrons. The SMILES string of the molecule is CC1(C)C(N)=N[C@](C)(c2cc(NC(=O)c3ncc(F)cc3F)ccc2F)[C@@H]2CCN=[S@@]21=O. The number of aliphatic imine (C=N–C) groups is 1. The molecule has 3 atom stereocenters. The molecule has 2 aliphatic rings. The van der Waals surface area contributed by atoms with Crippen LogP contribution in [0.3, 0.4) is 0 Å². The molecule has 7 nitrogen and oxygen atoms in total. The first-order chi connectivity index (χ1) is 14.9. The Morgan fingerprint density at radius 2 is 1.91 bits per heavy atom. The van der Waals surface area contributed by atoms with Gasteiger partial charge in [-0.2, -0.15) is 0 Å². The van der Waals surface area contributed by atoms with E-state index in [0.717, 1.165) is 12.3 Å². The summed E-state index contributed by atoms with van der Waals surface area (Å²) in [4.78, 5) is 20.5. The summed E-state index contributed by atoms with van der Waals surface area (Å²) in [6, 6.07) is 4.31. The van der Waals surface area contributed by atoms with Crippen molar-refractivity contribution in [3.63, 3.8) is 0 Å². The first-order valence-corrected chi connectivity index (χ1v) is 11.5. The van der Waals surface area contributed by atoms with E-state index in [-0.39, 0.29) is 17.1 Å². The number of carbonyl (C=O) groups excluding carboxylic acids is 1. The Balaban J connectivity index is 1.76. The highest BCUT2D eigenvalue weighted by atomic mass is 32.2.